The molecule has 2 aromatic rings. The Morgan fingerprint density at radius 3 is 2.41 bits per heavy atom. The van der Waals surface area contributed by atoms with E-state index in [4.69, 9.17) is 0 Å². The van der Waals surface area contributed by atoms with E-state index in [1.54, 1.807) is 0 Å². The maximum atomic E-state index is 12.7. The standard InChI is InChI=1S/C23H34N4O2/c1-4-25(5-2)22(28)17-27-15-12-19-16-20(10-11-21(19)27)24-23(29)18(3)26-13-8-6-7-9-14-26/h10-12,15-16,18H,4-9,13-14,17H2,1-3H3,(H,24,29). The first-order chi connectivity index (χ1) is 14.0. The average Bonchev–Trinajstić information content (AvgIpc) is 2.92. The second-order valence-electron chi connectivity index (χ2n) is 7.90. The number of nitrogens with zero attached hydrogens (tertiary/aromatic N) is 3. The Labute approximate surface area is 173 Å². The molecule has 0 aliphatic carbocycles. The highest BCUT2D eigenvalue weighted by atomic mass is 16.2. The second kappa shape index (κ2) is 9.92. The SMILES string of the molecule is CCN(CC)C(=O)Cn1ccc2cc(NC(=O)C(C)N3CCCCCC3)ccc21. The van der Waals surface area contributed by atoms with E-state index in [-0.39, 0.29) is 17.9 Å². The quantitative estimate of drug-likeness (QED) is 0.773. The molecule has 1 unspecified atom stereocenters. The first kappa shape index (κ1) is 21.4. The lowest BCUT2D eigenvalue weighted by Crippen LogP contribution is -2.42. The molecular formula is C23H34N4O2. The minimum Gasteiger partial charge on any atom is -0.342 e. The van der Waals surface area contributed by atoms with Gasteiger partial charge in [-0.3, -0.25) is 14.5 Å². The zero-order valence-corrected chi connectivity index (χ0v) is 18.0. The Hall–Kier alpha value is -2.34. The van der Waals surface area contributed by atoms with Crippen LogP contribution in [0.1, 0.15) is 46.5 Å². The smallest absolute Gasteiger partial charge is 0.242 e. The van der Waals surface area contributed by atoms with Crippen molar-refractivity contribution >= 4 is 28.4 Å². The minimum atomic E-state index is -0.125. The summed E-state index contributed by atoms with van der Waals surface area (Å²) in [6.45, 7) is 9.76. The lowest BCUT2D eigenvalue weighted by atomic mass is 10.2. The van der Waals surface area contributed by atoms with Gasteiger partial charge in [0.2, 0.25) is 11.8 Å². The highest BCUT2D eigenvalue weighted by molar-refractivity contribution is 5.97. The molecule has 29 heavy (non-hydrogen) atoms. The highest BCUT2D eigenvalue weighted by Gasteiger charge is 2.22. The molecule has 6 heteroatoms. The lowest BCUT2D eigenvalue weighted by Gasteiger charge is -2.26. The van der Waals surface area contributed by atoms with E-state index in [1.165, 1.54) is 25.7 Å². The number of amides is 2. The Kier molecular flexibility index (Phi) is 7.31. The number of hydrogen-bond acceptors (Lipinski definition) is 3. The molecule has 1 atom stereocenters. The van der Waals surface area contributed by atoms with E-state index < -0.39 is 0 Å². The van der Waals surface area contributed by atoms with Gasteiger partial charge in [-0.05, 0) is 71.0 Å². The normalized spacial score (nSPS) is 16.4. The lowest BCUT2D eigenvalue weighted by molar-refractivity contribution is -0.131. The first-order valence-electron chi connectivity index (χ1n) is 10.9. The van der Waals surface area contributed by atoms with Crippen LogP contribution in [0.5, 0.6) is 0 Å². The Balaban J connectivity index is 1.67. The molecular weight excluding hydrogens is 364 g/mol. The predicted octanol–water partition coefficient (Wildman–Crippen LogP) is 3.71. The van der Waals surface area contributed by atoms with Crippen LogP contribution >= 0.6 is 0 Å². The van der Waals surface area contributed by atoms with Gasteiger partial charge in [0.05, 0.1) is 6.04 Å². The van der Waals surface area contributed by atoms with Gasteiger partial charge >= 0.3 is 0 Å². The zero-order valence-electron chi connectivity index (χ0n) is 18.0. The van der Waals surface area contributed by atoms with Crippen LogP contribution < -0.4 is 5.32 Å². The summed E-state index contributed by atoms with van der Waals surface area (Å²) < 4.78 is 1.97. The van der Waals surface area contributed by atoms with Gasteiger partial charge in [-0.15, -0.1) is 0 Å². The molecule has 1 N–H and O–H groups in total. The number of carbonyl (C=O) groups is 2. The summed E-state index contributed by atoms with van der Waals surface area (Å²) in [5, 5.41) is 4.10. The molecule has 0 bridgehead atoms. The third kappa shape index (κ3) is 5.18. The number of rotatable bonds is 7. The molecule has 1 aromatic carbocycles. The fourth-order valence-electron chi connectivity index (χ4n) is 4.13. The molecule has 0 radical (unpaired) electrons. The van der Waals surface area contributed by atoms with Crippen LogP contribution in [-0.4, -0.2) is 58.4 Å². The van der Waals surface area contributed by atoms with E-state index in [2.05, 4.69) is 10.2 Å². The molecule has 2 amide bonds. The molecule has 1 aliphatic rings. The number of hydrogen-bond donors (Lipinski definition) is 1. The van der Waals surface area contributed by atoms with Gasteiger partial charge in [-0.2, -0.15) is 0 Å². The van der Waals surface area contributed by atoms with Crippen molar-refractivity contribution in [1.82, 2.24) is 14.4 Å². The summed E-state index contributed by atoms with van der Waals surface area (Å²) in [6.07, 6.45) is 6.80. The van der Waals surface area contributed by atoms with Crippen LogP contribution in [0.2, 0.25) is 0 Å². The van der Waals surface area contributed by atoms with E-state index in [0.717, 1.165) is 42.8 Å². The summed E-state index contributed by atoms with van der Waals surface area (Å²) in [7, 11) is 0. The zero-order chi connectivity index (χ0) is 20.8. The van der Waals surface area contributed by atoms with Gasteiger partial charge < -0.3 is 14.8 Å². The van der Waals surface area contributed by atoms with Crippen LogP contribution in [0.15, 0.2) is 30.5 Å². The summed E-state index contributed by atoms with van der Waals surface area (Å²) in [5.41, 5.74) is 1.81. The molecule has 0 spiro atoms. The molecule has 1 fully saturated rings. The predicted molar refractivity (Wildman–Crippen MR) is 118 cm³/mol. The average molecular weight is 399 g/mol. The van der Waals surface area contributed by atoms with Crippen molar-refractivity contribution in [3.8, 4) is 0 Å². The van der Waals surface area contributed by atoms with Crippen LogP contribution in [0.3, 0.4) is 0 Å². The number of aromatic nitrogens is 1. The van der Waals surface area contributed by atoms with E-state index in [0.29, 0.717) is 6.54 Å². The van der Waals surface area contributed by atoms with Crippen molar-refractivity contribution in [3.05, 3.63) is 30.5 Å². The van der Waals surface area contributed by atoms with Gasteiger partial charge in [0, 0.05) is 35.9 Å². The number of likely N-dealkylation sites (N-methyl/N-ethyl adjacent to an activating group) is 1. The number of fused-ring (bicyclic) bond motifs is 1. The van der Waals surface area contributed by atoms with Gasteiger partial charge in [0.15, 0.2) is 0 Å². The monoisotopic (exact) mass is 398 g/mol. The second-order valence-corrected chi connectivity index (χ2v) is 7.90. The van der Waals surface area contributed by atoms with Crippen LogP contribution in [0.25, 0.3) is 10.9 Å². The summed E-state index contributed by atoms with van der Waals surface area (Å²) in [4.78, 5) is 29.3. The summed E-state index contributed by atoms with van der Waals surface area (Å²) >= 11 is 0. The van der Waals surface area contributed by atoms with Crippen LogP contribution in [-0.2, 0) is 16.1 Å². The topological polar surface area (TPSA) is 57.6 Å². The minimum absolute atomic E-state index is 0.0439. The number of nitrogens with one attached hydrogen (secondary N) is 1. The Bertz CT molecular complexity index is 833. The number of anilines is 1. The van der Waals surface area contributed by atoms with Crippen LogP contribution in [0.4, 0.5) is 5.69 Å². The highest BCUT2D eigenvalue weighted by Crippen LogP contribution is 2.22. The molecule has 3 rings (SSSR count). The number of carbonyl (C=O) groups excluding carboxylic acids is 2. The molecule has 6 nitrogen and oxygen atoms in total. The van der Waals surface area contributed by atoms with Gasteiger partial charge in [-0.1, -0.05) is 12.8 Å². The maximum Gasteiger partial charge on any atom is 0.242 e. The third-order valence-corrected chi connectivity index (χ3v) is 6.03. The van der Waals surface area contributed by atoms with E-state index >= 15 is 0 Å². The van der Waals surface area contributed by atoms with Gasteiger partial charge in [0.25, 0.3) is 0 Å². The fourth-order valence-corrected chi connectivity index (χ4v) is 4.13. The van der Waals surface area contributed by atoms with Crippen molar-refractivity contribution < 1.29 is 9.59 Å². The van der Waals surface area contributed by atoms with Crippen molar-refractivity contribution in [2.75, 3.05) is 31.5 Å². The summed E-state index contributed by atoms with van der Waals surface area (Å²) in [6, 6.07) is 7.77. The third-order valence-electron chi connectivity index (χ3n) is 6.03. The van der Waals surface area contributed by atoms with Crippen molar-refractivity contribution in [1.29, 1.82) is 0 Å². The largest absolute Gasteiger partial charge is 0.342 e. The molecule has 1 aliphatic heterocycles. The van der Waals surface area contributed by atoms with Crippen molar-refractivity contribution in [2.45, 2.75) is 59.0 Å². The molecule has 1 aromatic heterocycles. The fraction of sp³-hybridized carbons (Fsp3) is 0.565. The van der Waals surface area contributed by atoms with Crippen molar-refractivity contribution in [3.63, 3.8) is 0 Å². The molecule has 158 valence electrons. The number of likely N-dealkylation sites (tertiary alicyclic amines) is 1. The Morgan fingerprint density at radius 1 is 1.07 bits per heavy atom. The molecule has 0 saturated carbocycles. The molecule has 2 heterocycles. The van der Waals surface area contributed by atoms with Crippen LogP contribution in [0, 0.1) is 0 Å². The number of benzene rings is 1. The Morgan fingerprint density at radius 2 is 1.76 bits per heavy atom. The van der Waals surface area contributed by atoms with E-state index in [1.807, 2.05) is 60.7 Å². The molecule has 1 saturated heterocycles. The van der Waals surface area contributed by atoms with E-state index in [9.17, 15) is 9.59 Å². The first-order valence-corrected chi connectivity index (χ1v) is 10.9. The van der Waals surface area contributed by atoms with Crippen molar-refractivity contribution in [2.24, 2.45) is 0 Å². The van der Waals surface area contributed by atoms with Gasteiger partial charge in [0.1, 0.15) is 6.54 Å². The van der Waals surface area contributed by atoms with Gasteiger partial charge in [-0.25, -0.2) is 0 Å². The summed E-state index contributed by atoms with van der Waals surface area (Å²) in [5.74, 6) is 0.165. The maximum absolute atomic E-state index is 12.7.